The lowest BCUT2D eigenvalue weighted by Crippen LogP contribution is -2.46. The first-order valence-corrected chi connectivity index (χ1v) is 10.7. The maximum absolute atomic E-state index is 12.9. The molecule has 6 heteroatoms. The monoisotopic (exact) mass is 386 g/mol. The van der Waals surface area contributed by atoms with E-state index in [1.807, 2.05) is 38.1 Å². The van der Waals surface area contributed by atoms with E-state index >= 15 is 0 Å². The van der Waals surface area contributed by atoms with Crippen LogP contribution in [-0.2, 0) is 21.2 Å². The van der Waals surface area contributed by atoms with Crippen molar-refractivity contribution in [1.29, 1.82) is 0 Å². The molecule has 1 unspecified atom stereocenters. The van der Waals surface area contributed by atoms with E-state index in [0.29, 0.717) is 25.9 Å². The van der Waals surface area contributed by atoms with Gasteiger partial charge in [0, 0.05) is 13.1 Å². The summed E-state index contributed by atoms with van der Waals surface area (Å²) in [6.45, 7) is 4.84. The minimum Gasteiger partial charge on any atom is -0.354 e. The van der Waals surface area contributed by atoms with E-state index in [1.54, 1.807) is 24.3 Å². The van der Waals surface area contributed by atoms with Crippen LogP contribution in [0.15, 0.2) is 53.4 Å². The zero-order valence-electron chi connectivity index (χ0n) is 15.8. The number of amides is 1. The van der Waals surface area contributed by atoms with E-state index in [9.17, 15) is 13.2 Å². The van der Waals surface area contributed by atoms with Crippen LogP contribution in [0.5, 0.6) is 0 Å². The van der Waals surface area contributed by atoms with Crippen molar-refractivity contribution in [3.05, 3.63) is 65.2 Å². The Hall–Kier alpha value is -2.18. The Labute approximate surface area is 161 Å². The van der Waals surface area contributed by atoms with Gasteiger partial charge in [0.15, 0.2) is 0 Å². The van der Waals surface area contributed by atoms with Gasteiger partial charge in [0.2, 0.25) is 15.9 Å². The minimum absolute atomic E-state index is 0.211. The molecule has 1 atom stereocenters. The SMILES string of the molecule is Cc1ccc(S(=O)(=O)N2CCCC2C(=O)NCCc2ccccc2C)cc1. The third kappa shape index (κ3) is 4.39. The predicted octanol–water partition coefficient (Wildman–Crippen LogP) is 2.82. The first kappa shape index (κ1) is 19.6. The van der Waals surface area contributed by atoms with Crippen LogP contribution in [0.3, 0.4) is 0 Å². The average molecular weight is 387 g/mol. The number of benzene rings is 2. The van der Waals surface area contributed by atoms with Crippen LogP contribution >= 0.6 is 0 Å². The number of aryl methyl sites for hydroxylation is 2. The van der Waals surface area contributed by atoms with Gasteiger partial charge in [-0.3, -0.25) is 4.79 Å². The topological polar surface area (TPSA) is 66.5 Å². The predicted molar refractivity (Wildman–Crippen MR) is 106 cm³/mol. The fourth-order valence-electron chi connectivity index (χ4n) is 3.46. The molecule has 0 radical (unpaired) electrons. The zero-order valence-corrected chi connectivity index (χ0v) is 16.6. The molecule has 1 N–H and O–H groups in total. The van der Waals surface area contributed by atoms with Gasteiger partial charge in [0.1, 0.15) is 6.04 Å². The molecule has 1 saturated heterocycles. The smallest absolute Gasteiger partial charge is 0.243 e. The third-order valence-electron chi connectivity index (χ3n) is 5.09. The second kappa shape index (κ2) is 8.23. The first-order chi connectivity index (χ1) is 12.9. The Bertz CT molecular complexity index is 907. The van der Waals surface area contributed by atoms with Crippen molar-refractivity contribution in [2.45, 2.75) is 44.0 Å². The second-order valence-corrected chi connectivity index (χ2v) is 8.94. The van der Waals surface area contributed by atoms with Gasteiger partial charge in [-0.05, 0) is 56.4 Å². The van der Waals surface area contributed by atoms with Crippen molar-refractivity contribution in [2.75, 3.05) is 13.1 Å². The number of nitrogens with zero attached hydrogens (tertiary/aromatic N) is 1. The number of carbonyl (C=O) groups is 1. The Morgan fingerprint density at radius 2 is 1.81 bits per heavy atom. The minimum atomic E-state index is -3.66. The molecule has 0 aromatic heterocycles. The molecule has 1 fully saturated rings. The standard InChI is InChI=1S/C21H26N2O3S/c1-16-9-11-19(12-10-16)27(25,26)23-15-5-8-20(23)21(24)22-14-13-18-7-4-3-6-17(18)2/h3-4,6-7,9-12,20H,5,8,13-15H2,1-2H3,(H,22,24). The molecule has 0 aliphatic carbocycles. The van der Waals surface area contributed by atoms with Gasteiger partial charge >= 0.3 is 0 Å². The molecule has 144 valence electrons. The highest BCUT2D eigenvalue weighted by Crippen LogP contribution is 2.26. The summed E-state index contributed by atoms with van der Waals surface area (Å²) in [6, 6.07) is 14.2. The van der Waals surface area contributed by atoms with Crippen molar-refractivity contribution in [2.24, 2.45) is 0 Å². The molecule has 5 nitrogen and oxygen atoms in total. The summed E-state index contributed by atoms with van der Waals surface area (Å²) in [5.74, 6) is -0.211. The molecule has 0 bridgehead atoms. The molecule has 1 heterocycles. The van der Waals surface area contributed by atoms with Crippen molar-refractivity contribution >= 4 is 15.9 Å². The summed E-state index contributed by atoms with van der Waals surface area (Å²) in [5, 5.41) is 2.92. The Morgan fingerprint density at radius 1 is 1.11 bits per heavy atom. The molecular formula is C21H26N2O3S. The molecule has 3 rings (SSSR count). The Morgan fingerprint density at radius 3 is 2.52 bits per heavy atom. The van der Waals surface area contributed by atoms with Crippen LogP contribution in [0.1, 0.15) is 29.5 Å². The maximum atomic E-state index is 12.9. The van der Waals surface area contributed by atoms with Gasteiger partial charge < -0.3 is 5.32 Å². The quantitative estimate of drug-likeness (QED) is 0.830. The van der Waals surface area contributed by atoms with E-state index in [-0.39, 0.29) is 10.8 Å². The van der Waals surface area contributed by atoms with E-state index in [0.717, 1.165) is 12.0 Å². The number of nitrogens with one attached hydrogen (secondary N) is 1. The summed E-state index contributed by atoms with van der Waals surface area (Å²) in [7, 11) is -3.66. The van der Waals surface area contributed by atoms with E-state index in [4.69, 9.17) is 0 Å². The van der Waals surface area contributed by atoms with E-state index in [1.165, 1.54) is 15.4 Å². The fourth-order valence-corrected chi connectivity index (χ4v) is 5.12. The highest BCUT2D eigenvalue weighted by atomic mass is 32.2. The molecular weight excluding hydrogens is 360 g/mol. The van der Waals surface area contributed by atoms with Gasteiger partial charge in [-0.25, -0.2) is 8.42 Å². The molecule has 2 aromatic carbocycles. The van der Waals surface area contributed by atoms with E-state index < -0.39 is 16.1 Å². The lowest BCUT2D eigenvalue weighted by molar-refractivity contribution is -0.124. The summed E-state index contributed by atoms with van der Waals surface area (Å²) in [5.41, 5.74) is 3.38. The van der Waals surface area contributed by atoms with E-state index in [2.05, 4.69) is 5.32 Å². The summed E-state index contributed by atoms with van der Waals surface area (Å²) >= 11 is 0. The number of rotatable bonds is 6. The highest BCUT2D eigenvalue weighted by Gasteiger charge is 2.39. The third-order valence-corrected chi connectivity index (χ3v) is 7.01. The van der Waals surface area contributed by atoms with Gasteiger partial charge in [-0.15, -0.1) is 0 Å². The van der Waals surface area contributed by atoms with Gasteiger partial charge in [-0.1, -0.05) is 42.0 Å². The molecule has 27 heavy (non-hydrogen) atoms. The van der Waals surface area contributed by atoms with Crippen molar-refractivity contribution in [3.63, 3.8) is 0 Å². The van der Waals surface area contributed by atoms with Gasteiger partial charge in [-0.2, -0.15) is 4.31 Å². The molecule has 1 aliphatic rings. The van der Waals surface area contributed by atoms with Crippen LogP contribution in [0.4, 0.5) is 0 Å². The molecule has 2 aromatic rings. The molecule has 1 aliphatic heterocycles. The fraction of sp³-hybridized carbons (Fsp3) is 0.381. The molecule has 0 saturated carbocycles. The number of hydrogen-bond acceptors (Lipinski definition) is 3. The van der Waals surface area contributed by atoms with Crippen LogP contribution < -0.4 is 5.32 Å². The van der Waals surface area contributed by atoms with Crippen molar-refractivity contribution in [3.8, 4) is 0 Å². The lowest BCUT2D eigenvalue weighted by Gasteiger charge is -2.23. The maximum Gasteiger partial charge on any atom is 0.243 e. The zero-order chi connectivity index (χ0) is 19.4. The summed E-state index contributed by atoms with van der Waals surface area (Å²) < 4.78 is 27.2. The van der Waals surface area contributed by atoms with Crippen LogP contribution in [0.25, 0.3) is 0 Å². The first-order valence-electron chi connectivity index (χ1n) is 9.30. The molecule has 0 spiro atoms. The van der Waals surface area contributed by atoms with Crippen molar-refractivity contribution < 1.29 is 13.2 Å². The number of carbonyl (C=O) groups excluding carboxylic acids is 1. The average Bonchev–Trinajstić information content (AvgIpc) is 3.14. The Kier molecular flexibility index (Phi) is 5.97. The largest absolute Gasteiger partial charge is 0.354 e. The van der Waals surface area contributed by atoms with Crippen molar-refractivity contribution in [1.82, 2.24) is 9.62 Å². The van der Waals surface area contributed by atoms with Crippen LogP contribution in [-0.4, -0.2) is 37.8 Å². The lowest BCUT2D eigenvalue weighted by atomic mass is 10.1. The normalized spacial score (nSPS) is 17.8. The summed E-state index contributed by atoms with van der Waals surface area (Å²) in [6.07, 6.45) is 1.98. The van der Waals surface area contributed by atoms with Gasteiger partial charge in [0.05, 0.1) is 4.90 Å². The second-order valence-electron chi connectivity index (χ2n) is 7.05. The summed E-state index contributed by atoms with van der Waals surface area (Å²) in [4.78, 5) is 12.9. The highest BCUT2D eigenvalue weighted by molar-refractivity contribution is 7.89. The van der Waals surface area contributed by atoms with Gasteiger partial charge in [0.25, 0.3) is 0 Å². The molecule has 1 amide bonds. The Balaban J connectivity index is 1.65. The number of hydrogen-bond donors (Lipinski definition) is 1. The van der Waals surface area contributed by atoms with Crippen LogP contribution in [0, 0.1) is 13.8 Å². The van der Waals surface area contributed by atoms with Crippen LogP contribution in [0.2, 0.25) is 0 Å². The number of sulfonamides is 1.